The van der Waals surface area contributed by atoms with Gasteiger partial charge in [-0.1, -0.05) is 13.8 Å². The van der Waals surface area contributed by atoms with Crippen molar-refractivity contribution in [3.05, 3.63) is 18.2 Å². The van der Waals surface area contributed by atoms with Gasteiger partial charge in [-0.25, -0.2) is 0 Å². The zero-order valence-electron chi connectivity index (χ0n) is 13.3. The van der Waals surface area contributed by atoms with Crippen LogP contribution in [0.5, 0.6) is 5.75 Å². The summed E-state index contributed by atoms with van der Waals surface area (Å²) in [5.74, 6) is 0.630. The number of anilines is 2. The third-order valence-electron chi connectivity index (χ3n) is 3.92. The van der Waals surface area contributed by atoms with E-state index in [0.717, 1.165) is 5.69 Å². The number of fused-ring (bicyclic) bond motifs is 1. The number of rotatable bonds is 4. The highest BCUT2D eigenvalue weighted by Gasteiger charge is 2.46. The molecule has 0 aromatic heterocycles. The average molecular weight is 291 g/mol. The SMILES string of the molecule is CCC1(CC)Oc2cc(N)ccc2N(CC(C)(C)N)C1=O. The molecule has 0 fully saturated rings. The molecular weight excluding hydrogens is 266 g/mol. The van der Waals surface area contributed by atoms with Crippen LogP contribution in [0.4, 0.5) is 11.4 Å². The van der Waals surface area contributed by atoms with Crippen LogP contribution >= 0.6 is 0 Å². The van der Waals surface area contributed by atoms with Crippen LogP contribution in [-0.2, 0) is 4.79 Å². The van der Waals surface area contributed by atoms with E-state index in [4.69, 9.17) is 16.2 Å². The number of nitrogens with zero attached hydrogens (tertiary/aromatic N) is 1. The van der Waals surface area contributed by atoms with Crippen molar-refractivity contribution in [2.75, 3.05) is 17.2 Å². The minimum absolute atomic E-state index is 0.0247. The van der Waals surface area contributed by atoms with Crippen LogP contribution in [0.2, 0.25) is 0 Å². The Morgan fingerprint density at radius 3 is 2.43 bits per heavy atom. The third-order valence-corrected chi connectivity index (χ3v) is 3.92. The number of nitrogen functional groups attached to an aromatic ring is 1. The Labute approximate surface area is 126 Å². The molecule has 5 nitrogen and oxygen atoms in total. The van der Waals surface area contributed by atoms with Crippen molar-refractivity contribution in [3.63, 3.8) is 0 Å². The van der Waals surface area contributed by atoms with Gasteiger partial charge in [-0.05, 0) is 38.8 Å². The lowest BCUT2D eigenvalue weighted by Gasteiger charge is -2.43. The van der Waals surface area contributed by atoms with E-state index in [2.05, 4.69) is 0 Å². The van der Waals surface area contributed by atoms with Gasteiger partial charge in [0.25, 0.3) is 5.91 Å². The minimum atomic E-state index is -0.827. The molecule has 0 unspecified atom stereocenters. The Kier molecular flexibility index (Phi) is 3.89. The molecule has 1 aliphatic heterocycles. The van der Waals surface area contributed by atoms with Gasteiger partial charge in [0.05, 0.1) is 5.69 Å². The molecule has 0 spiro atoms. The monoisotopic (exact) mass is 291 g/mol. The molecule has 0 saturated carbocycles. The minimum Gasteiger partial charge on any atom is -0.475 e. The molecule has 116 valence electrons. The Balaban J connectivity index is 2.54. The third kappa shape index (κ3) is 2.83. The van der Waals surface area contributed by atoms with Crippen molar-refractivity contribution in [1.82, 2.24) is 0 Å². The van der Waals surface area contributed by atoms with E-state index in [-0.39, 0.29) is 5.91 Å². The number of hydrogen-bond donors (Lipinski definition) is 2. The van der Waals surface area contributed by atoms with Crippen LogP contribution in [0.25, 0.3) is 0 Å². The molecule has 21 heavy (non-hydrogen) atoms. The highest BCUT2D eigenvalue weighted by molar-refractivity contribution is 6.03. The summed E-state index contributed by atoms with van der Waals surface area (Å²) < 4.78 is 6.04. The van der Waals surface area contributed by atoms with Crippen LogP contribution in [0.3, 0.4) is 0 Å². The number of amides is 1. The van der Waals surface area contributed by atoms with Crippen molar-refractivity contribution in [2.45, 2.75) is 51.7 Å². The Bertz CT molecular complexity index is 545. The average Bonchev–Trinajstić information content (AvgIpc) is 2.40. The summed E-state index contributed by atoms with van der Waals surface area (Å²) in [4.78, 5) is 14.7. The second-order valence-electron chi connectivity index (χ2n) is 6.41. The van der Waals surface area contributed by atoms with E-state index in [1.54, 1.807) is 17.0 Å². The Morgan fingerprint density at radius 2 is 1.90 bits per heavy atom. The summed E-state index contributed by atoms with van der Waals surface area (Å²) in [5, 5.41) is 0. The number of nitrogens with two attached hydrogens (primary N) is 2. The maximum Gasteiger partial charge on any atom is 0.271 e. The van der Waals surface area contributed by atoms with Crippen LogP contribution < -0.4 is 21.1 Å². The molecule has 1 heterocycles. The van der Waals surface area contributed by atoms with E-state index in [1.807, 2.05) is 33.8 Å². The van der Waals surface area contributed by atoms with Gasteiger partial charge in [-0.3, -0.25) is 4.79 Å². The second kappa shape index (κ2) is 5.22. The summed E-state index contributed by atoms with van der Waals surface area (Å²) >= 11 is 0. The molecule has 2 rings (SSSR count). The first-order chi connectivity index (χ1) is 9.72. The predicted octanol–water partition coefficient (Wildman–Crippen LogP) is 2.29. The quantitative estimate of drug-likeness (QED) is 0.834. The first kappa shape index (κ1) is 15.6. The molecule has 1 aromatic rings. The summed E-state index contributed by atoms with van der Waals surface area (Å²) in [7, 11) is 0. The highest BCUT2D eigenvalue weighted by atomic mass is 16.5. The normalized spacial score (nSPS) is 17.4. The molecule has 0 atom stereocenters. The van der Waals surface area contributed by atoms with E-state index in [9.17, 15) is 4.79 Å². The molecule has 0 saturated heterocycles. The molecule has 5 heteroatoms. The van der Waals surface area contributed by atoms with Gasteiger partial charge in [0.2, 0.25) is 0 Å². The van der Waals surface area contributed by atoms with Gasteiger partial charge in [0.15, 0.2) is 5.60 Å². The summed E-state index contributed by atoms with van der Waals surface area (Å²) in [6.07, 6.45) is 1.22. The Hall–Kier alpha value is -1.75. The second-order valence-corrected chi connectivity index (χ2v) is 6.41. The molecular formula is C16H25N3O2. The lowest BCUT2D eigenvalue weighted by atomic mass is 9.91. The molecule has 1 aliphatic rings. The topological polar surface area (TPSA) is 81.6 Å². The summed E-state index contributed by atoms with van der Waals surface area (Å²) in [6, 6.07) is 5.37. The predicted molar refractivity (Wildman–Crippen MR) is 85.4 cm³/mol. The lowest BCUT2D eigenvalue weighted by Crippen LogP contribution is -2.59. The number of carbonyl (C=O) groups excluding carboxylic acids is 1. The zero-order valence-corrected chi connectivity index (χ0v) is 13.3. The summed E-state index contributed by atoms with van der Waals surface area (Å²) in [5.41, 5.74) is 12.0. The number of ether oxygens (including phenoxy) is 1. The van der Waals surface area contributed by atoms with E-state index >= 15 is 0 Å². The van der Waals surface area contributed by atoms with Crippen molar-refractivity contribution in [1.29, 1.82) is 0 Å². The number of hydrogen-bond acceptors (Lipinski definition) is 4. The lowest BCUT2D eigenvalue weighted by molar-refractivity contribution is -0.136. The standard InChI is InChI=1S/C16H25N3O2/c1-5-16(6-2)14(20)19(10-15(3,4)18)12-8-7-11(17)9-13(12)21-16/h7-9H,5-6,10,17-18H2,1-4H3. The van der Waals surface area contributed by atoms with Crippen molar-refractivity contribution in [3.8, 4) is 5.75 Å². The molecule has 0 bridgehead atoms. The van der Waals surface area contributed by atoms with Crippen molar-refractivity contribution in [2.24, 2.45) is 5.73 Å². The van der Waals surface area contributed by atoms with Crippen LogP contribution in [0, 0.1) is 0 Å². The smallest absolute Gasteiger partial charge is 0.271 e. The largest absolute Gasteiger partial charge is 0.475 e. The molecule has 1 aromatic carbocycles. The van der Waals surface area contributed by atoms with E-state index < -0.39 is 11.1 Å². The first-order valence-electron chi connectivity index (χ1n) is 7.42. The highest BCUT2D eigenvalue weighted by Crippen LogP contribution is 2.41. The van der Waals surface area contributed by atoms with Gasteiger partial charge >= 0.3 is 0 Å². The molecule has 0 aliphatic carbocycles. The number of benzene rings is 1. The van der Waals surface area contributed by atoms with E-state index in [0.29, 0.717) is 30.8 Å². The fourth-order valence-corrected chi connectivity index (χ4v) is 2.71. The maximum atomic E-state index is 12.9. The summed E-state index contributed by atoms with van der Waals surface area (Å²) in [6.45, 7) is 8.18. The van der Waals surface area contributed by atoms with Gasteiger partial charge in [0.1, 0.15) is 5.75 Å². The van der Waals surface area contributed by atoms with Gasteiger partial charge in [-0.2, -0.15) is 0 Å². The first-order valence-corrected chi connectivity index (χ1v) is 7.42. The molecule has 1 amide bonds. The van der Waals surface area contributed by atoms with Crippen LogP contribution in [-0.4, -0.2) is 23.6 Å². The molecule has 4 N–H and O–H groups in total. The van der Waals surface area contributed by atoms with Crippen LogP contribution in [0.15, 0.2) is 18.2 Å². The number of carbonyl (C=O) groups is 1. The fraction of sp³-hybridized carbons (Fsp3) is 0.562. The maximum absolute atomic E-state index is 12.9. The van der Waals surface area contributed by atoms with Gasteiger partial charge in [0, 0.05) is 23.8 Å². The zero-order chi connectivity index (χ0) is 15.8. The van der Waals surface area contributed by atoms with Gasteiger partial charge in [-0.15, -0.1) is 0 Å². The van der Waals surface area contributed by atoms with Crippen molar-refractivity contribution < 1.29 is 9.53 Å². The van der Waals surface area contributed by atoms with Crippen LogP contribution in [0.1, 0.15) is 40.5 Å². The fourth-order valence-electron chi connectivity index (χ4n) is 2.71. The Morgan fingerprint density at radius 1 is 1.29 bits per heavy atom. The van der Waals surface area contributed by atoms with E-state index in [1.165, 1.54) is 0 Å². The van der Waals surface area contributed by atoms with Gasteiger partial charge < -0.3 is 21.1 Å². The molecule has 0 radical (unpaired) electrons. The van der Waals surface area contributed by atoms with Crippen molar-refractivity contribution >= 4 is 17.3 Å².